The molecule has 2 aliphatic carbocycles. The predicted molar refractivity (Wildman–Crippen MR) is 214 cm³/mol. The van der Waals surface area contributed by atoms with Gasteiger partial charge in [-0.05, 0) is 91.6 Å². The van der Waals surface area contributed by atoms with E-state index in [-0.39, 0.29) is 46.6 Å². The highest BCUT2D eigenvalue weighted by molar-refractivity contribution is 7.22. The Kier molecular flexibility index (Phi) is 8.43. The van der Waals surface area contributed by atoms with Crippen LogP contribution >= 0.6 is 34.5 Å². The van der Waals surface area contributed by atoms with Gasteiger partial charge in [0.1, 0.15) is 11.5 Å². The van der Waals surface area contributed by atoms with Crippen molar-refractivity contribution in [1.29, 1.82) is 0 Å². The van der Waals surface area contributed by atoms with Gasteiger partial charge in [0.2, 0.25) is 23.6 Å². The SMILES string of the molecule is COc1cc(C2C3=CCC4C(=O)N(c5ccc([N+](=O)[O-])cc5)C(=O)C4C3CC3C(=O)N(c4cc(-c5sc6ccc(Cl)cc6c5C)nn4C)C(=O)C32C)cc(Cl)c1O. The van der Waals surface area contributed by atoms with E-state index in [1.54, 1.807) is 32.2 Å². The molecule has 13 nitrogen and oxygen atoms in total. The molecule has 0 radical (unpaired) electrons. The van der Waals surface area contributed by atoms with Gasteiger partial charge in [0, 0.05) is 40.9 Å². The lowest BCUT2D eigenvalue weighted by atomic mass is 9.51. The normalized spacial score (nSPS) is 25.5. The summed E-state index contributed by atoms with van der Waals surface area (Å²) >= 11 is 14.4. The molecule has 2 saturated heterocycles. The number of phenols is 1. The minimum Gasteiger partial charge on any atom is -0.503 e. The lowest BCUT2D eigenvalue weighted by Crippen LogP contribution is -2.49. The van der Waals surface area contributed by atoms with Crippen molar-refractivity contribution in [1.82, 2.24) is 9.78 Å². The molecule has 2 aliphatic heterocycles. The zero-order chi connectivity index (χ0) is 40.4. The number of hydrogen-bond acceptors (Lipinski definition) is 10. The van der Waals surface area contributed by atoms with Crippen LogP contribution < -0.4 is 14.5 Å². The molecule has 290 valence electrons. The largest absolute Gasteiger partial charge is 0.503 e. The number of anilines is 2. The molecule has 4 heterocycles. The summed E-state index contributed by atoms with van der Waals surface area (Å²) < 4.78 is 8.01. The van der Waals surface area contributed by atoms with Crippen LogP contribution in [0, 0.1) is 46.1 Å². The van der Waals surface area contributed by atoms with Crippen LogP contribution in [0.25, 0.3) is 20.7 Å². The fourth-order valence-corrected chi connectivity index (χ4v) is 11.3. The third-order valence-electron chi connectivity index (χ3n) is 12.4. The first kappa shape index (κ1) is 37.0. The van der Waals surface area contributed by atoms with Gasteiger partial charge in [-0.1, -0.05) is 34.9 Å². The first-order valence-corrected chi connectivity index (χ1v) is 19.7. The van der Waals surface area contributed by atoms with Gasteiger partial charge in [-0.3, -0.25) is 38.9 Å². The molecule has 57 heavy (non-hydrogen) atoms. The van der Waals surface area contributed by atoms with Crippen molar-refractivity contribution < 1.29 is 33.9 Å². The zero-order valence-corrected chi connectivity index (χ0v) is 33.2. The number of thiophene rings is 1. The number of phenolic OH excluding ortho intramolecular Hbond substituents is 1. The van der Waals surface area contributed by atoms with E-state index in [0.29, 0.717) is 21.9 Å². The smallest absolute Gasteiger partial charge is 0.269 e. The van der Waals surface area contributed by atoms with E-state index >= 15 is 4.79 Å². The molecule has 1 N–H and O–H groups in total. The van der Waals surface area contributed by atoms with Gasteiger partial charge in [0.05, 0.1) is 50.8 Å². The third kappa shape index (κ3) is 5.23. The summed E-state index contributed by atoms with van der Waals surface area (Å²) in [5.74, 6) is -5.86. The molecule has 16 heteroatoms. The Labute approximate surface area is 339 Å². The highest BCUT2D eigenvalue weighted by Crippen LogP contribution is 2.64. The maximum atomic E-state index is 15.2. The second kappa shape index (κ2) is 13.0. The number of ether oxygens (including phenoxy) is 1. The number of aromatic nitrogens is 2. The second-order valence-electron chi connectivity index (χ2n) is 15.2. The van der Waals surface area contributed by atoms with Crippen molar-refractivity contribution >= 4 is 85.4 Å². The maximum absolute atomic E-state index is 15.2. The van der Waals surface area contributed by atoms with Crippen molar-refractivity contribution in [2.75, 3.05) is 16.9 Å². The Morgan fingerprint density at radius 3 is 2.42 bits per heavy atom. The molecule has 5 aromatic rings. The Hall–Kier alpha value is -5.57. The van der Waals surface area contributed by atoms with Crippen LogP contribution in [0.15, 0.2) is 72.3 Å². The molecule has 4 amide bonds. The number of nitro groups is 1. The van der Waals surface area contributed by atoms with Crippen LogP contribution in [0.5, 0.6) is 11.5 Å². The van der Waals surface area contributed by atoms with Crippen LogP contribution in [-0.2, 0) is 26.2 Å². The number of fused-ring (bicyclic) bond motifs is 5. The van der Waals surface area contributed by atoms with Crippen molar-refractivity contribution in [3.8, 4) is 22.1 Å². The average molecular weight is 827 g/mol. The van der Waals surface area contributed by atoms with Crippen LogP contribution in [0.1, 0.15) is 36.8 Å². The number of benzene rings is 3. The summed E-state index contributed by atoms with van der Waals surface area (Å²) in [4.78, 5) is 72.5. The van der Waals surface area contributed by atoms with E-state index < -0.39 is 63.6 Å². The van der Waals surface area contributed by atoms with Gasteiger partial charge in [-0.2, -0.15) is 5.10 Å². The quantitative estimate of drug-likeness (QED) is 0.0774. The highest BCUT2D eigenvalue weighted by Gasteiger charge is 2.68. The second-order valence-corrected chi connectivity index (χ2v) is 17.1. The number of non-ortho nitro benzene ring substituents is 1. The number of amides is 4. The van der Waals surface area contributed by atoms with Gasteiger partial charge in [-0.25, -0.2) is 4.90 Å². The van der Waals surface area contributed by atoms with Crippen molar-refractivity contribution in [2.24, 2.45) is 36.1 Å². The van der Waals surface area contributed by atoms with E-state index in [9.17, 15) is 29.6 Å². The van der Waals surface area contributed by atoms with Crippen molar-refractivity contribution in [3.05, 3.63) is 104 Å². The summed E-state index contributed by atoms with van der Waals surface area (Å²) in [6.45, 7) is 3.73. The van der Waals surface area contributed by atoms with Gasteiger partial charge in [-0.15, -0.1) is 11.3 Å². The average Bonchev–Trinajstić information content (AvgIpc) is 3.86. The fraction of sp³-hybridized carbons (Fsp3) is 0.293. The molecule has 9 rings (SSSR count). The third-order valence-corrected chi connectivity index (χ3v) is 14.2. The number of allylic oxidation sites excluding steroid dienone is 2. The summed E-state index contributed by atoms with van der Waals surface area (Å²) in [7, 11) is 3.05. The van der Waals surface area contributed by atoms with Gasteiger partial charge >= 0.3 is 0 Å². The number of hydrogen-bond donors (Lipinski definition) is 1. The first-order chi connectivity index (χ1) is 27.1. The minimum absolute atomic E-state index is 0.0257. The molecule has 0 bridgehead atoms. The number of carbonyl (C=O) groups excluding carboxylic acids is 4. The fourth-order valence-electron chi connectivity index (χ4n) is 9.72. The number of methoxy groups -OCH3 is 1. The minimum atomic E-state index is -1.41. The molecule has 3 aromatic carbocycles. The van der Waals surface area contributed by atoms with E-state index in [0.717, 1.165) is 25.4 Å². The van der Waals surface area contributed by atoms with Crippen LogP contribution in [0.2, 0.25) is 10.0 Å². The number of rotatable bonds is 6. The topological polar surface area (TPSA) is 165 Å². The molecule has 3 fully saturated rings. The summed E-state index contributed by atoms with van der Waals surface area (Å²) in [5.41, 5.74) is 1.36. The Morgan fingerprint density at radius 1 is 0.982 bits per heavy atom. The summed E-state index contributed by atoms with van der Waals surface area (Å²) in [6, 6.07) is 15.8. The zero-order valence-electron chi connectivity index (χ0n) is 30.9. The van der Waals surface area contributed by atoms with E-state index in [1.807, 2.05) is 31.2 Å². The van der Waals surface area contributed by atoms with Gasteiger partial charge in [0.15, 0.2) is 11.5 Å². The number of halogens is 2. The molecule has 6 atom stereocenters. The number of nitro benzene ring substituents is 1. The molecule has 2 aromatic heterocycles. The number of carbonyl (C=O) groups is 4. The van der Waals surface area contributed by atoms with Crippen LogP contribution in [-0.4, -0.2) is 50.5 Å². The van der Waals surface area contributed by atoms with Crippen molar-refractivity contribution in [3.63, 3.8) is 0 Å². The van der Waals surface area contributed by atoms with E-state index in [2.05, 4.69) is 0 Å². The standard InChI is InChI=1S/C41H33Cl2N5O8S/c1-18-25-15-20(42)5-12-31(25)57-36(18)29-17-32(45(3)44-29)47-38(51)27-16-26-23(34(41(27,2)40(47)53)19-13-28(43)35(49)30(14-19)56-4)10-11-24-33(26)39(52)46(37(24)50)21-6-8-22(9-7-21)48(54)55/h5-10,12-15,17,24,26-27,33-34,49H,11,16H2,1-4H3. The van der Waals surface area contributed by atoms with Gasteiger partial charge < -0.3 is 9.84 Å². The number of aromatic hydroxyl groups is 1. The summed E-state index contributed by atoms with van der Waals surface area (Å²) in [6.07, 6.45) is 2.17. The molecule has 4 aliphatic rings. The number of nitrogens with zero attached hydrogens (tertiary/aromatic N) is 5. The predicted octanol–water partition coefficient (Wildman–Crippen LogP) is 7.97. The lowest BCUT2D eigenvalue weighted by Gasteiger charge is -2.49. The van der Waals surface area contributed by atoms with E-state index in [4.69, 9.17) is 33.0 Å². The van der Waals surface area contributed by atoms with Gasteiger partial charge in [0.25, 0.3) is 5.69 Å². The van der Waals surface area contributed by atoms with Crippen LogP contribution in [0.3, 0.4) is 0 Å². The Balaban J connectivity index is 1.16. The number of imide groups is 2. The maximum Gasteiger partial charge on any atom is 0.269 e. The highest BCUT2D eigenvalue weighted by atomic mass is 35.5. The Morgan fingerprint density at radius 2 is 1.72 bits per heavy atom. The lowest BCUT2D eigenvalue weighted by molar-refractivity contribution is -0.384. The number of aryl methyl sites for hydroxylation is 2. The Bertz CT molecular complexity index is 2670. The first-order valence-electron chi connectivity index (χ1n) is 18.2. The molecular weight excluding hydrogens is 793 g/mol. The van der Waals surface area contributed by atoms with E-state index in [1.165, 1.54) is 52.3 Å². The molecular formula is C41H33Cl2N5O8S. The monoisotopic (exact) mass is 825 g/mol. The molecule has 1 saturated carbocycles. The van der Waals surface area contributed by atoms with Crippen molar-refractivity contribution in [2.45, 2.75) is 32.6 Å². The molecule has 0 spiro atoms. The summed E-state index contributed by atoms with van der Waals surface area (Å²) in [5, 5.41) is 28.4. The van der Waals surface area contributed by atoms with Crippen LogP contribution in [0.4, 0.5) is 17.2 Å². The molecule has 6 unspecified atom stereocenters.